The maximum absolute atomic E-state index is 6.15. The van der Waals surface area contributed by atoms with E-state index < -0.39 is 0 Å². The van der Waals surface area contributed by atoms with Gasteiger partial charge in [0.15, 0.2) is 0 Å². The van der Waals surface area contributed by atoms with Crippen LogP contribution in [-0.2, 0) is 0 Å². The molecule has 1 heterocycles. The van der Waals surface area contributed by atoms with Crippen LogP contribution >= 0.6 is 11.6 Å². The third-order valence-corrected chi connectivity index (χ3v) is 2.92. The maximum atomic E-state index is 6.15. The number of rotatable bonds is 3. The van der Waals surface area contributed by atoms with Crippen molar-refractivity contribution in [1.29, 1.82) is 0 Å². The van der Waals surface area contributed by atoms with Crippen molar-refractivity contribution >= 4 is 11.6 Å². The van der Waals surface area contributed by atoms with Gasteiger partial charge in [0.25, 0.3) is 0 Å². The quantitative estimate of drug-likeness (QED) is 0.889. The van der Waals surface area contributed by atoms with Gasteiger partial charge in [0, 0.05) is 6.04 Å². The molecule has 84 valence electrons. The lowest BCUT2D eigenvalue weighted by molar-refractivity contribution is 0.660. The van der Waals surface area contributed by atoms with Crippen molar-refractivity contribution in [2.45, 2.75) is 19.4 Å². The summed E-state index contributed by atoms with van der Waals surface area (Å²) in [5, 5.41) is 0.699. The van der Waals surface area contributed by atoms with Gasteiger partial charge in [0.05, 0.1) is 28.9 Å². The van der Waals surface area contributed by atoms with Gasteiger partial charge < -0.3 is 10.3 Å². The van der Waals surface area contributed by atoms with Gasteiger partial charge in [-0.15, -0.1) is 0 Å². The molecule has 0 amide bonds. The third-order valence-electron chi connectivity index (χ3n) is 2.60. The molecule has 4 heteroatoms. The Balaban J connectivity index is 2.49. The number of para-hydroxylation sites is 1. The summed E-state index contributed by atoms with van der Waals surface area (Å²) in [5.74, 6) is 0. The molecule has 0 unspecified atom stereocenters. The van der Waals surface area contributed by atoms with E-state index in [0.29, 0.717) is 5.02 Å². The second-order valence-electron chi connectivity index (χ2n) is 3.65. The maximum Gasteiger partial charge on any atom is 0.0995 e. The summed E-state index contributed by atoms with van der Waals surface area (Å²) < 4.78 is 1.94. The molecule has 0 bridgehead atoms. The number of benzene rings is 1. The highest BCUT2D eigenvalue weighted by molar-refractivity contribution is 6.32. The molecular weight excluding hydrogens is 222 g/mol. The van der Waals surface area contributed by atoms with E-state index in [1.807, 2.05) is 28.8 Å². The van der Waals surface area contributed by atoms with Crippen molar-refractivity contribution in [3.8, 4) is 5.69 Å². The van der Waals surface area contributed by atoms with Gasteiger partial charge in [-0.05, 0) is 18.6 Å². The fourth-order valence-electron chi connectivity index (χ4n) is 1.64. The van der Waals surface area contributed by atoms with Crippen LogP contribution in [0.3, 0.4) is 0 Å². The molecule has 16 heavy (non-hydrogen) atoms. The van der Waals surface area contributed by atoms with Crippen LogP contribution in [-0.4, -0.2) is 9.55 Å². The van der Waals surface area contributed by atoms with Crippen LogP contribution in [0.1, 0.15) is 25.1 Å². The lowest BCUT2D eigenvalue weighted by atomic mass is 10.2. The highest BCUT2D eigenvalue weighted by Gasteiger charge is 2.12. The number of aromatic nitrogens is 2. The van der Waals surface area contributed by atoms with Gasteiger partial charge in [-0.3, -0.25) is 0 Å². The minimum absolute atomic E-state index is 0.0150. The molecule has 2 aromatic rings. The van der Waals surface area contributed by atoms with Crippen molar-refractivity contribution < 1.29 is 0 Å². The predicted octanol–water partition coefficient (Wildman–Crippen LogP) is 2.94. The minimum atomic E-state index is -0.0150. The first kappa shape index (κ1) is 11.2. The zero-order chi connectivity index (χ0) is 11.5. The number of nitrogens with zero attached hydrogens (tertiary/aromatic N) is 2. The molecule has 1 aromatic carbocycles. The Labute approximate surface area is 99.9 Å². The summed E-state index contributed by atoms with van der Waals surface area (Å²) >= 11 is 6.15. The molecule has 0 saturated heterocycles. The van der Waals surface area contributed by atoms with Gasteiger partial charge in [-0.1, -0.05) is 30.7 Å². The SMILES string of the molecule is CC[C@@H](N)c1cncn1-c1ccccc1Cl. The molecule has 0 saturated carbocycles. The highest BCUT2D eigenvalue weighted by atomic mass is 35.5. The van der Waals surface area contributed by atoms with E-state index in [-0.39, 0.29) is 6.04 Å². The van der Waals surface area contributed by atoms with Crippen molar-refractivity contribution in [2.75, 3.05) is 0 Å². The molecule has 0 aliphatic rings. The van der Waals surface area contributed by atoms with Crippen molar-refractivity contribution in [2.24, 2.45) is 5.73 Å². The zero-order valence-corrected chi connectivity index (χ0v) is 9.85. The average Bonchev–Trinajstić information content (AvgIpc) is 2.77. The van der Waals surface area contributed by atoms with Crippen LogP contribution in [0.4, 0.5) is 0 Å². The molecule has 0 aliphatic carbocycles. The Bertz CT molecular complexity index is 479. The zero-order valence-electron chi connectivity index (χ0n) is 9.10. The van der Waals surface area contributed by atoms with Gasteiger partial charge in [0.1, 0.15) is 0 Å². The van der Waals surface area contributed by atoms with E-state index >= 15 is 0 Å². The number of nitrogens with two attached hydrogens (primary N) is 1. The second kappa shape index (κ2) is 4.68. The van der Waals surface area contributed by atoms with E-state index in [0.717, 1.165) is 17.8 Å². The van der Waals surface area contributed by atoms with Crippen LogP contribution < -0.4 is 5.73 Å². The highest BCUT2D eigenvalue weighted by Crippen LogP contribution is 2.24. The fourth-order valence-corrected chi connectivity index (χ4v) is 1.86. The lowest BCUT2D eigenvalue weighted by Gasteiger charge is -2.13. The summed E-state index contributed by atoms with van der Waals surface area (Å²) in [6.45, 7) is 2.05. The van der Waals surface area contributed by atoms with E-state index in [1.54, 1.807) is 12.5 Å². The summed E-state index contributed by atoms with van der Waals surface area (Å²) in [6, 6.07) is 7.65. The van der Waals surface area contributed by atoms with Crippen molar-refractivity contribution in [1.82, 2.24) is 9.55 Å². The molecule has 1 atom stereocenters. The Morgan fingerprint density at radius 1 is 1.44 bits per heavy atom. The van der Waals surface area contributed by atoms with Gasteiger partial charge in [-0.2, -0.15) is 0 Å². The average molecular weight is 236 g/mol. The first-order valence-corrected chi connectivity index (χ1v) is 5.64. The molecule has 0 fully saturated rings. The Morgan fingerprint density at radius 3 is 2.88 bits per heavy atom. The van der Waals surface area contributed by atoms with Crippen LogP contribution in [0.2, 0.25) is 5.02 Å². The first-order valence-electron chi connectivity index (χ1n) is 5.26. The van der Waals surface area contributed by atoms with Gasteiger partial charge >= 0.3 is 0 Å². The third kappa shape index (κ3) is 1.96. The summed E-state index contributed by atoms with van der Waals surface area (Å²) in [7, 11) is 0. The molecule has 0 aliphatic heterocycles. The molecule has 0 radical (unpaired) electrons. The van der Waals surface area contributed by atoms with E-state index in [1.165, 1.54) is 0 Å². The molecule has 2 rings (SSSR count). The van der Waals surface area contributed by atoms with Crippen molar-refractivity contribution in [3.63, 3.8) is 0 Å². The molecule has 2 N–H and O–H groups in total. The van der Waals surface area contributed by atoms with Crippen molar-refractivity contribution in [3.05, 3.63) is 47.5 Å². The van der Waals surface area contributed by atoms with Crippen LogP contribution in [0.25, 0.3) is 5.69 Å². The number of hydrogen-bond acceptors (Lipinski definition) is 2. The topological polar surface area (TPSA) is 43.8 Å². The van der Waals surface area contributed by atoms with Crippen LogP contribution in [0.5, 0.6) is 0 Å². The Hall–Kier alpha value is -1.32. The Morgan fingerprint density at radius 2 is 2.19 bits per heavy atom. The summed E-state index contributed by atoms with van der Waals surface area (Å²) in [4.78, 5) is 4.13. The largest absolute Gasteiger partial charge is 0.323 e. The van der Waals surface area contributed by atoms with E-state index in [2.05, 4.69) is 11.9 Å². The Kier molecular flexibility index (Phi) is 3.27. The van der Waals surface area contributed by atoms with E-state index in [9.17, 15) is 0 Å². The number of halogens is 1. The van der Waals surface area contributed by atoms with Crippen LogP contribution in [0, 0.1) is 0 Å². The summed E-state index contributed by atoms with van der Waals surface area (Å²) in [5.41, 5.74) is 7.92. The van der Waals surface area contributed by atoms with E-state index in [4.69, 9.17) is 17.3 Å². The lowest BCUT2D eigenvalue weighted by Crippen LogP contribution is -2.13. The second-order valence-corrected chi connectivity index (χ2v) is 4.06. The van der Waals surface area contributed by atoms with Crippen LogP contribution in [0.15, 0.2) is 36.8 Å². The standard InChI is InChI=1S/C12H14ClN3/c1-2-10(14)12-7-15-8-16(12)11-6-4-3-5-9(11)13/h3-8,10H,2,14H2,1H3/t10-/m1/s1. The molecule has 0 spiro atoms. The molecule has 3 nitrogen and oxygen atoms in total. The smallest absolute Gasteiger partial charge is 0.0995 e. The fraction of sp³-hybridized carbons (Fsp3) is 0.250. The number of hydrogen-bond donors (Lipinski definition) is 1. The predicted molar refractivity (Wildman–Crippen MR) is 65.8 cm³/mol. The minimum Gasteiger partial charge on any atom is -0.323 e. The molecule has 1 aromatic heterocycles. The first-order chi connectivity index (χ1) is 7.74. The normalized spacial score (nSPS) is 12.7. The van der Waals surface area contributed by atoms with Gasteiger partial charge in [0.2, 0.25) is 0 Å². The monoisotopic (exact) mass is 235 g/mol. The van der Waals surface area contributed by atoms with Gasteiger partial charge in [-0.25, -0.2) is 4.98 Å². The molecular formula is C12H14ClN3. The summed E-state index contributed by atoms with van der Waals surface area (Å²) in [6.07, 6.45) is 4.40. The number of imidazole rings is 1.